The number of amides is 1. The molecular formula is C9H15NOS. The van der Waals surface area contributed by atoms with Crippen molar-refractivity contribution in [3.63, 3.8) is 0 Å². The van der Waals surface area contributed by atoms with Gasteiger partial charge in [0, 0.05) is 19.5 Å². The Morgan fingerprint density at radius 1 is 1.42 bits per heavy atom. The summed E-state index contributed by atoms with van der Waals surface area (Å²) in [6.45, 7) is 1.97. The summed E-state index contributed by atoms with van der Waals surface area (Å²) in [7, 11) is 0. The molecule has 0 bridgehead atoms. The highest BCUT2D eigenvalue weighted by molar-refractivity contribution is 7.80. The molecule has 0 N–H and O–H groups in total. The van der Waals surface area contributed by atoms with Crippen molar-refractivity contribution in [2.45, 2.75) is 19.3 Å². The monoisotopic (exact) mass is 185 g/mol. The molecule has 1 amide bonds. The molecule has 2 fully saturated rings. The van der Waals surface area contributed by atoms with Crippen LogP contribution >= 0.6 is 12.6 Å². The fourth-order valence-electron chi connectivity index (χ4n) is 1.76. The molecule has 12 heavy (non-hydrogen) atoms. The first kappa shape index (κ1) is 8.42. The Morgan fingerprint density at radius 3 is 2.67 bits per heavy atom. The van der Waals surface area contributed by atoms with Crippen LogP contribution in [0.3, 0.4) is 0 Å². The maximum Gasteiger partial charge on any atom is 0.222 e. The Morgan fingerprint density at radius 2 is 2.17 bits per heavy atom. The van der Waals surface area contributed by atoms with Gasteiger partial charge in [-0.1, -0.05) is 0 Å². The highest BCUT2D eigenvalue weighted by atomic mass is 32.1. The third kappa shape index (κ3) is 1.76. The van der Waals surface area contributed by atoms with Crippen molar-refractivity contribution in [1.82, 2.24) is 4.90 Å². The number of thiol groups is 1. The van der Waals surface area contributed by atoms with Gasteiger partial charge in [-0.2, -0.15) is 12.6 Å². The molecule has 1 aliphatic heterocycles. The van der Waals surface area contributed by atoms with Crippen molar-refractivity contribution in [3.8, 4) is 0 Å². The van der Waals surface area contributed by atoms with E-state index in [1.165, 1.54) is 12.8 Å². The predicted octanol–water partition coefficient (Wildman–Crippen LogP) is 1.17. The van der Waals surface area contributed by atoms with Gasteiger partial charge in [0.1, 0.15) is 0 Å². The van der Waals surface area contributed by atoms with Gasteiger partial charge in [-0.25, -0.2) is 0 Å². The third-order valence-electron chi connectivity index (χ3n) is 2.73. The number of carbonyl (C=O) groups excluding carboxylic acids is 1. The van der Waals surface area contributed by atoms with Gasteiger partial charge in [-0.3, -0.25) is 4.79 Å². The first-order valence-corrected chi connectivity index (χ1v) is 5.31. The molecule has 2 nitrogen and oxygen atoms in total. The first-order chi connectivity index (χ1) is 5.79. The van der Waals surface area contributed by atoms with Crippen LogP contribution in [0.2, 0.25) is 0 Å². The molecule has 1 unspecified atom stereocenters. The van der Waals surface area contributed by atoms with Crippen molar-refractivity contribution in [2.75, 3.05) is 18.8 Å². The zero-order valence-electron chi connectivity index (χ0n) is 7.20. The van der Waals surface area contributed by atoms with Gasteiger partial charge >= 0.3 is 0 Å². The molecule has 68 valence electrons. The van der Waals surface area contributed by atoms with Crippen LogP contribution in [0, 0.1) is 11.8 Å². The Bertz CT molecular complexity index is 191. The number of hydrogen-bond donors (Lipinski definition) is 1. The Balaban J connectivity index is 1.84. The van der Waals surface area contributed by atoms with E-state index in [9.17, 15) is 4.79 Å². The van der Waals surface area contributed by atoms with Crippen LogP contribution in [-0.2, 0) is 4.79 Å². The number of nitrogens with zero attached hydrogens (tertiary/aromatic N) is 1. The quantitative estimate of drug-likeness (QED) is 0.655. The molecule has 0 radical (unpaired) electrons. The van der Waals surface area contributed by atoms with Crippen LogP contribution < -0.4 is 0 Å². The van der Waals surface area contributed by atoms with Crippen LogP contribution in [0.15, 0.2) is 0 Å². The molecule has 3 heteroatoms. The fourth-order valence-corrected chi connectivity index (χ4v) is 2.01. The summed E-state index contributed by atoms with van der Waals surface area (Å²) in [5.74, 6) is 2.54. The maximum atomic E-state index is 11.4. The van der Waals surface area contributed by atoms with Crippen molar-refractivity contribution >= 4 is 18.5 Å². The largest absolute Gasteiger partial charge is 0.342 e. The summed E-state index contributed by atoms with van der Waals surface area (Å²) >= 11 is 4.22. The summed E-state index contributed by atoms with van der Waals surface area (Å²) in [5, 5.41) is 0. The highest BCUT2D eigenvalue weighted by Crippen LogP contribution is 2.31. The zero-order chi connectivity index (χ0) is 8.55. The van der Waals surface area contributed by atoms with Crippen molar-refractivity contribution in [3.05, 3.63) is 0 Å². The molecule has 0 aromatic heterocycles. The van der Waals surface area contributed by atoms with Crippen LogP contribution in [0.1, 0.15) is 19.3 Å². The number of rotatable bonds is 3. The van der Waals surface area contributed by atoms with Gasteiger partial charge < -0.3 is 4.90 Å². The van der Waals surface area contributed by atoms with E-state index in [4.69, 9.17) is 0 Å². The lowest BCUT2D eigenvalue weighted by atomic mass is 10.1. The number of hydrogen-bond acceptors (Lipinski definition) is 2. The standard InChI is InChI=1S/C9H15NOS/c11-9-3-8(6-12)5-10(9)4-7-1-2-7/h7-8,12H,1-6H2. The van der Waals surface area contributed by atoms with Crippen LogP contribution in [-0.4, -0.2) is 29.6 Å². The molecule has 1 atom stereocenters. The lowest BCUT2D eigenvalue weighted by molar-refractivity contribution is -0.127. The van der Waals surface area contributed by atoms with E-state index in [2.05, 4.69) is 12.6 Å². The molecule has 0 spiro atoms. The summed E-state index contributed by atoms with van der Waals surface area (Å²) in [6, 6.07) is 0. The summed E-state index contributed by atoms with van der Waals surface area (Å²) < 4.78 is 0. The van der Waals surface area contributed by atoms with E-state index < -0.39 is 0 Å². The highest BCUT2D eigenvalue weighted by Gasteiger charge is 2.33. The van der Waals surface area contributed by atoms with Crippen LogP contribution in [0.5, 0.6) is 0 Å². The topological polar surface area (TPSA) is 20.3 Å². The molecule has 1 saturated carbocycles. The molecule has 1 aliphatic carbocycles. The minimum absolute atomic E-state index is 0.348. The summed E-state index contributed by atoms with van der Waals surface area (Å²) in [4.78, 5) is 13.4. The van der Waals surface area contributed by atoms with Gasteiger partial charge in [0.25, 0.3) is 0 Å². The van der Waals surface area contributed by atoms with Gasteiger partial charge in [0.15, 0.2) is 0 Å². The minimum Gasteiger partial charge on any atom is -0.342 e. The van der Waals surface area contributed by atoms with E-state index in [0.717, 1.165) is 31.2 Å². The predicted molar refractivity (Wildman–Crippen MR) is 51.3 cm³/mol. The number of likely N-dealkylation sites (tertiary alicyclic amines) is 1. The smallest absolute Gasteiger partial charge is 0.222 e. The minimum atomic E-state index is 0.348. The maximum absolute atomic E-state index is 11.4. The zero-order valence-corrected chi connectivity index (χ0v) is 8.09. The van der Waals surface area contributed by atoms with E-state index in [-0.39, 0.29) is 0 Å². The normalized spacial score (nSPS) is 29.9. The van der Waals surface area contributed by atoms with E-state index in [1.54, 1.807) is 0 Å². The van der Waals surface area contributed by atoms with Crippen molar-refractivity contribution in [1.29, 1.82) is 0 Å². The van der Waals surface area contributed by atoms with Gasteiger partial charge in [-0.05, 0) is 30.4 Å². The molecule has 2 rings (SSSR count). The molecule has 0 aromatic carbocycles. The van der Waals surface area contributed by atoms with Crippen molar-refractivity contribution < 1.29 is 4.79 Å². The molecular weight excluding hydrogens is 170 g/mol. The molecule has 0 aromatic rings. The Hall–Kier alpha value is -0.180. The molecule has 1 heterocycles. The summed E-state index contributed by atoms with van der Waals surface area (Å²) in [5.41, 5.74) is 0. The van der Waals surface area contributed by atoms with Crippen LogP contribution in [0.25, 0.3) is 0 Å². The lowest BCUT2D eigenvalue weighted by Gasteiger charge is -2.15. The second-order valence-electron chi connectivity index (χ2n) is 3.99. The van der Waals surface area contributed by atoms with Crippen LogP contribution in [0.4, 0.5) is 0 Å². The Labute approximate surface area is 78.7 Å². The van der Waals surface area contributed by atoms with E-state index >= 15 is 0 Å². The fraction of sp³-hybridized carbons (Fsp3) is 0.889. The summed E-state index contributed by atoms with van der Waals surface area (Å²) in [6.07, 6.45) is 3.39. The van der Waals surface area contributed by atoms with Gasteiger partial charge in [0.05, 0.1) is 0 Å². The lowest BCUT2D eigenvalue weighted by Crippen LogP contribution is -2.27. The molecule has 1 saturated heterocycles. The van der Waals surface area contributed by atoms with Gasteiger partial charge in [-0.15, -0.1) is 0 Å². The SMILES string of the molecule is O=C1CC(CS)CN1CC1CC1. The van der Waals surface area contributed by atoms with E-state index in [0.29, 0.717) is 11.8 Å². The second kappa shape index (κ2) is 3.29. The average molecular weight is 185 g/mol. The second-order valence-corrected chi connectivity index (χ2v) is 4.36. The van der Waals surface area contributed by atoms with E-state index in [1.807, 2.05) is 4.90 Å². The first-order valence-electron chi connectivity index (χ1n) is 4.68. The van der Waals surface area contributed by atoms with Gasteiger partial charge in [0.2, 0.25) is 5.91 Å². The number of carbonyl (C=O) groups is 1. The van der Waals surface area contributed by atoms with Crippen molar-refractivity contribution in [2.24, 2.45) is 11.8 Å². The molecule has 2 aliphatic rings. The average Bonchev–Trinajstić information content (AvgIpc) is 2.78. The third-order valence-corrected chi connectivity index (χ3v) is 3.24. The Kier molecular flexibility index (Phi) is 2.31.